The maximum Gasteiger partial charge on any atom is 0.185 e. The summed E-state index contributed by atoms with van der Waals surface area (Å²) in [5.74, 6) is 0.481. The first-order valence-corrected chi connectivity index (χ1v) is 4.95. The average molecular weight is 225 g/mol. The monoisotopic (exact) mass is 224 g/mol. The molecule has 0 aliphatic heterocycles. The van der Waals surface area contributed by atoms with Crippen LogP contribution in [0, 0.1) is 0 Å². The second-order valence-electron chi connectivity index (χ2n) is 3.44. The van der Waals surface area contributed by atoms with Crippen LogP contribution in [0.5, 0.6) is 5.75 Å². The largest absolute Gasteiger partial charge is 0.495 e. The molecule has 0 amide bonds. The standard InChI is InChI=1S/C12H13ClO2/c1-8(2)6-11(14)9-4-5-10(13)12(7-9)15-3/h4-7H,1-3H3. The Bertz CT molecular complexity index is 404. The van der Waals surface area contributed by atoms with E-state index in [1.54, 1.807) is 24.3 Å². The third kappa shape index (κ3) is 3.10. The molecule has 0 unspecified atom stereocenters. The van der Waals surface area contributed by atoms with Gasteiger partial charge in [0.15, 0.2) is 5.78 Å². The van der Waals surface area contributed by atoms with Crippen molar-refractivity contribution >= 4 is 17.4 Å². The number of ketones is 1. The van der Waals surface area contributed by atoms with E-state index in [0.29, 0.717) is 16.3 Å². The lowest BCUT2D eigenvalue weighted by Crippen LogP contribution is -1.96. The molecule has 0 fully saturated rings. The summed E-state index contributed by atoms with van der Waals surface area (Å²) in [5.41, 5.74) is 1.55. The molecule has 0 spiro atoms. The highest BCUT2D eigenvalue weighted by Gasteiger charge is 2.06. The normalized spacial score (nSPS) is 9.60. The van der Waals surface area contributed by atoms with E-state index in [1.807, 2.05) is 13.8 Å². The first-order chi connectivity index (χ1) is 7.04. The number of hydrogen-bond acceptors (Lipinski definition) is 2. The zero-order valence-corrected chi connectivity index (χ0v) is 9.76. The molecule has 80 valence electrons. The Morgan fingerprint density at radius 3 is 2.60 bits per heavy atom. The van der Waals surface area contributed by atoms with Crippen molar-refractivity contribution in [3.05, 3.63) is 40.4 Å². The van der Waals surface area contributed by atoms with E-state index in [9.17, 15) is 4.79 Å². The van der Waals surface area contributed by atoms with Crippen molar-refractivity contribution in [1.82, 2.24) is 0 Å². The number of hydrogen-bond donors (Lipinski definition) is 0. The van der Waals surface area contributed by atoms with Gasteiger partial charge in [-0.05, 0) is 38.1 Å². The maximum atomic E-state index is 11.7. The van der Waals surface area contributed by atoms with Gasteiger partial charge in [0.05, 0.1) is 12.1 Å². The number of carbonyl (C=O) groups excluding carboxylic acids is 1. The summed E-state index contributed by atoms with van der Waals surface area (Å²) in [6.45, 7) is 3.76. The average Bonchev–Trinajstić information content (AvgIpc) is 2.17. The van der Waals surface area contributed by atoms with Crippen LogP contribution in [-0.2, 0) is 0 Å². The zero-order chi connectivity index (χ0) is 11.4. The van der Waals surface area contributed by atoms with Crippen molar-refractivity contribution in [3.8, 4) is 5.75 Å². The van der Waals surface area contributed by atoms with Gasteiger partial charge in [-0.25, -0.2) is 0 Å². The van der Waals surface area contributed by atoms with E-state index in [4.69, 9.17) is 16.3 Å². The molecule has 3 heteroatoms. The molecule has 0 aliphatic carbocycles. The Balaban J connectivity index is 3.06. The number of ether oxygens (including phenoxy) is 1. The SMILES string of the molecule is COc1cc(C(=O)C=C(C)C)ccc1Cl. The molecular formula is C12H13ClO2. The van der Waals surface area contributed by atoms with Gasteiger partial charge in [-0.1, -0.05) is 17.2 Å². The summed E-state index contributed by atoms with van der Waals surface area (Å²) in [6.07, 6.45) is 1.59. The smallest absolute Gasteiger partial charge is 0.185 e. The van der Waals surface area contributed by atoms with Crippen LogP contribution in [-0.4, -0.2) is 12.9 Å². The number of halogens is 1. The molecule has 0 radical (unpaired) electrons. The lowest BCUT2D eigenvalue weighted by atomic mass is 10.1. The van der Waals surface area contributed by atoms with Crippen LogP contribution in [0.2, 0.25) is 5.02 Å². The molecule has 0 heterocycles. The van der Waals surface area contributed by atoms with Gasteiger partial charge >= 0.3 is 0 Å². The van der Waals surface area contributed by atoms with Gasteiger partial charge in [0.25, 0.3) is 0 Å². The molecule has 0 saturated carbocycles. The van der Waals surface area contributed by atoms with Crippen LogP contribution in [0.1, 0.15) is 24.2 Å². The third-order valence-corrected chi connectivity index (χ3v) is 2.17. The molecule has 0 saturated heterocycles. The number of methoxy groups -OCH3 is 1. The molecular weight excluding hydrogens is 212 g/mol. The summed E-state index contributed by atoms with van der Waals surface area (Å²) in [6, 6.07) is 4.99. The predicted molar refractivity (Wildman–Crippen MR) is 61.8 cm³/mol. The second-order valence-corrected chi connectivity index (χ2v) is 3.84. The van der Waals surface area contributed by atoms with Gasteiger partial charge in [-0.3, -0.25) is 4.79 Å². The van der Waals surface area contributed by atoms with Gasteiger partial charge < -0.3 is 4.74 Å². The minimum absolute atomic E-state index is 0.0371. The lowest BCUT2D eigenvalue weighted by molar-refractivity contribution is 0.104. The minimum Gasteiger partial charge on any atom is -0.495 e. The van der Waals surface area contributed by atoms with Gasteiger partial charge in [-0.2, -0.15) is 0 Å². The van der Waals surface area contributed by atoms with E-state index in [-0.39, 0.29) is 5.78 Å². The molecule has 0 aliphatic rings. The Labute approximate surface area is 94.5 Å². The highest BCUT2D eigenvalue weighted by molar-refractivity contribution is 6.32. The topological polar surface area (TPSA) is 26.3 Å². The fourth-order valence-electron chi connectivity index (χ4n) is 1.16. The van der Waals surface area contributed by atoms with Crippen molar-refractivity contribution in [3.63, 3.8) is 0 Å². The lowest BCUT2D eigenvalue weighted by Gasteiger charge is -2.04. The van der Waals surface area contributed by atoms with Crippen molar-refractivity contribution in [2.75, 3.05) is 7.11 Å². The van der Waals surface area contributed by atoms with E-state index < -0.39 is 0 Å². The van der Waals surface area contributed by atoms with E-state index >= 15 is 0 Å². The Morgan fingerprint density at radius 2 is 2.07 bits per heavy atom. The second kappa shape index (κ2) is 4.99. The van der Waals surface area contributed by atoms with Crippen molar-refractivity contribution < 1.29 is 9.53 Å². The summed E-state index contributed by atoms with van der Waals surface area (Å²) in [7, 11) is 1.52. The molecule has 0 N–H and O–H groups in total. The molecule has 1 rings (SSSR count). The van der Waals surface area contributed by atoms with Gasteiger partial charge in [-0.15, -0.1) is 0 Å². The number of allylic oxidation sites excluding steroid dienone is 2. The van der Waals surface area contributed by atoms with Crippen LogP contribution in [0.3, 0.4) is 0 Å². The van der Waals surface area contributed by atoms with Gasteiger partial charge in [0, 0.05) is 5.56 Å². The van der Waals surface area contributed by atoms with Crippen molar-refractivity contribution in [1.29, 1.82) is 0 Å². The zero-order valence-electron chi connectivity index (χ0n) is 9.00. The van der Waals surface area contributed by atoms with Crippen LogP contribution in [0.15, 0.2) is 29.8 Å². The third-order valence-electron chi connectivity index (χ3n) is 1.86. The predicted octanol–water partition coefficient (Wildman–Crippen LogP) is 3.50. The molecule has 2 nitrogen and oxygen atoms in total. The fraction of sp³-hybridized carbons (Fsp3) is 0.250. The van der Waals surface area contributed by atoms with Crippen LogP contribution < -0.4 is 4.74 Å². The Kier molecular flexibility index (Phi) is 3.92. The molecule has 0 bridgehead atoms. The molecule has 1 aromatic carbocycles. The highest BCUT2D eigenvalue weighted by Crippen LogP contribution is 2.25. The molecule has 15 heavy (non-hydrogen) atoms. The number of benzene rings is 1. The Hall–Kier alpha value is -1.28. The van der Waals surface area contributed by atoms with Gasteiger partial charge in [0.1, 0.15) is 5.75 Å². The first-order valence-electron chi connectivity index (χ1n) is 4.57. The quantitative estimate of drug-likeness (QED) is 0.580. The minimum atomic E-state index is -0.0371. The summed E-state index contributed by atoms with van der Waals surface area (Å²) >= 11 is 5.86. The van der Waals surface area contributed by atoms with Crippen molar-refractivity contribution in [2.45, 2.75) is 13.8 Å². The van der Waals surface area contributed by atoms with E-state index in [0.717, 1.165) is 5.57 Å². The summed E-state index contributed by atoms with van der Waals surface area (Å²) in [4.78, 5) is 11.7. The van der Waals surface area contributed by atoms with Crippen LogP contribution in [0.4, 0.5) is 0 Å². The van der Waals surface area contributed by atoms with Crippen LogP contribution in [0.25, 0.3) is 0 Å². The maximum absolute atomic E-state index is 11.7. The van der Waals surface area contributed by atoms with Crippen LogP contribution >= 0.6 is 11.6 Å². The van der Waals surface area contributed by atoms with Crippen molar-refractivity contribution in [2.24, 2.45) is 0 Å². The van der Waals surface area contributed by atoms with Gasteiger partial charge in [0.2, 0.25) is 0 Å². The molecule has 1 aromatic rings. The summed E-state index contributed by atoms with van der Waals surface area (Å²) < 4.78 is 5.04. The molecule has 0 atom stereocenters. The number of rotatable bonds is 3. The first kappa shape index (κ1) is 11.8. The molecule has 0 aromatic heterocycles. The van der Waals surface area contributed by atoms with E-state index in [2.05, 4.69) is 0 Å². The highest BCUT2D eigenvalue weighted by atomic mass is 35.5. The number of carbonyl (C=O) groups is 1. The summed E-state index contributed by atoms with van der Waals surface area (Å²) in [5, 5.41) is 0.506. The Morgan fingerprint density at radius 1 is 1.40 bits per heavy atom. The fourth-order valence-corrected chi connectivity index (χ4v) is 1.35. The van der Waals surface area contributed by atoms with E-state index in [1.165, 1.54) is 7.11 Å².